The van der Waals surface area contributed by atoms with Crippen LogP contribution in [0.2, 0.25) is 0 Å². The second-order valence-electron chi connectivity index (χ2n) is 7.84. The van der Waals surface area contributed by atoms with Gasteiger partial charge in [-0.15, -0.1) is 11.6 Å². The van der Waals surface area contributed by atoms with E-state index in [1.165, 1.54) is 6.08 Å². The predicted molar refractivity (Wildman–Crippen MR) is 101 cm³/mol. The standard InChI is InChI=1S/C19H24BClFNO3/c1-18(2)19(3,4)26-20(25-18)12-8-10-13(11-9-12)23-17(24)16-14(21)6-5-7-15(16)22/h5,7-8,10,14H,6,9,11H2,1-4H3,(H,23,24). The molecule has 1 atom stereocenters. The van der Waals surface area contributed by atoms with E-state index in [9.17, 15) is 9.18 Å². The van der Waals surface area contributed by atoms with Crippen LogP contribution in [0.4, 0.5) is 4.39 Å². The van der Waals surface area contributed by atoms with Crippen molar-refractivity contribution in [2.75, 3.05) is 0 Å². The van der Waals surface area contributed by atoms with Gasteiger partial charge in [-0.1, -0.05) is 12.2 Å². The van der Waals surface area contributed by atoms with Crippen LogP contribution in [0, 0.1) is 0 Å². The molecule has 1 fully saturated rings. The molecule has 0 spiro atoms. The van der Waals surface area contributed by atoms with Gasteiger partial charge >= 0.3 is 7.12 Å². The number of alkyl halides is 1. The third-order valence-corrected chi connectivity index (χ3v) is 5.83. The highest BCUT2D eigenvalue weighted by atomic mass is 35.5. The minimum absolute atomic E-state index is 0.00389. The first-order valence-corrected chi connectivity index (χ1v) is 9.31. The smallest absolute Gasteiger partial charge is 0.400 e. The van der Waals surface area contributed by atoms with Crippen molar-refractivity contribution in [3.63, 3.8) is 0 Å². The predicted octanol–water partition coefficient (Wildman–Crippen LogP) is 4.13. The number of hydrogen-bond acceptors (Lipinski definition) is 3. The van der Waals surface area contributed by atoms with Gasteiger partial charge in [0.2, 0.25) is 0 Å². The van der Waals surface area contributed by atoms with E-state index in [0.717, 1.165) is 11.2 Å². The first kappa shape index (κ1) is 19.4. The lowest BCUT2D eigenvalue weighted by Crippen LogP contribution is -2.41. The molecule has 0 saturated carbocycles. The SMILES string of the molecule is CC1(C)OB(C2=CC=C(NC(=O)C3=C(F)C=CCC3Cl)CC2)OC1(C)C. The largest absolute Gasteiger partial charge is 0.490 e. The van der Waals surface area contributed by atoms with E-state index in [-0.39, 0.29) is 23.9 Å². The van der Waals surface area contributed by atoms with E-state index in [4.69, 9.17) is 20.9 Å². The topological polar surface area (TPSA) is 47.6 Å². The third kappa shape index (κ3) is 3.68. The van der Waals surface area contributed by atoms with E-state index in [1.807, 2.05) is 39.8 Å². The Labute approximate surface area is 159 Å². The second-order valence-corrected chi connectivity index (χ2v) is 8.37. The monoisotopic (exact) mass is 379 g/mol. The Balaban J connectivity index is 1.68. The summed E-state index contributed by atoms with van der Waals surface area (Å²) in [5.74, 6) is -1.05. The van der Waals surface area contributed by atoms with E-state index in [2.05, 4.69) is 5.32 Å². The Morgan fingerprint density at radius 2 is 1.88 bits per heavy atom. The number of halogens is 2. The Morgan fingerprint density at radius 1 is 1.23 bits per heavy atom. The van der Waals surface area contributed by atoms with Crippen LogP contribution in [0.25, 0.3) is 0 Å². The Morgan fingerprint density at radius 3 is 2.42 bits per heavy atom. The zero-order valence-corrected chi connectivity index (χ0v) is 16.3. The summed E-state index contributed by atoms with van der Waals surface area (Å²) in [5.41, 5.74) is 0.988. The van der Waals surface area contributed by atoms with Crippen molar-refractivity contribution in [3.8, 4) is 0 Å². The molecule has 0 aromatic rings. The van der Waals surface area contributed by atoms with E-state index >= 15 is 0 Å². The van der Waals surface area contributed by atoms with Crippen molar-refractivity contribution >= 4 is 24.6 Å². The molecule has 3 rings (SSSR count). The van der Waals surface area contributed by atoms with Crippen LogP contribution in [0.5, 0.6) is 0 Å². The molecule has 4 nitrogen and oxygen atoms in total. The molecule has 26 heavy (non-hydrogen) atoms. The quantitative estimate of drug-likeness (QED) is 0.592. The van der Waals surface area contributed by atoms with Crippen LogP contribution in [0.15, 0.2) is 46.9 Å². The molecule has 1 amide bonds. The first-order chi connectivity index (χ1) is 12.1. The average molecular weight is 380 g/mol. The summed E-state index contributed by atoms with van der Waals surface area (Å²) in [7, 11) is -0.385. The summed E-state index contributed by atoms with van der Waals surface area (Å²) in [6.45, 7) is 8.06. The molecule has 0 bridgehead atoms. The molecule has 2 aliphatic carbocycles. The maximum atomic E-state index is 13.9. The zero-order valence-electron chi connectivity index (χ0n) is 15.6. The van der Waals surface area contributed by atoms with Crippen molar-refractivity contribution in [3.05, 3.63) is 46.9 Å². The highest BCUT2D eigenvalue weighted by molar-refractivity contribution is 6.54. The van der Waals surface area contributed by atoms with Gasteiger partial charge in [-0.3, -0.25) is 4.79 Å². The number of amides is 1. The normalized spacial score (nSPS) is 27.3. The van der Waals surface area contributed by atoms with E-state index < -0.39 is 17.1 Å². The van der Waals surface area contributed by atoms with Gasteiger partial charge in [0.05, 0.1) is 22.2 Å². The molecule has 0 aromatic heterocycles. The first-order valence-electron chi connectivity index (χ1n) is 8.87. The fourth-order valence-corrected chi connectivity index (χ4v) is 3.37. The molecule has 0 radical (unpaired) electrons. The highest BCUT2D eigenvalue weighted by Crippen LogP contribution is 2.40. The van der Waals surface area contributed by atoms with Gasteiger partial charge in [-0.2, -0.15) is 0 Å². The maximum Gasteiger partial charge on any atom is 0.490 e. The van der Waals surface area contributed by atoms with Crippen LogP contribution in [-0.2, 0) is 14.1 Å². The van der Waals surface area contributed by atoms with E-state index in [0.29, 0.717) is 19.3 Å². The summed E-state index contributed by atoms with van der Waals surface area (Å²) in [6, 6.07) is 0. The number of carbonyl (C=O) groups is 1. The molecule has 0 aromatic carbocycles. The number of allylic oxidation sites excluding steroid dienone is 7. The molecule has 1 unspecified atom stereocenters. The van der Waals surface area contributed by atoms with Crippen molar-refractivity contribution in [1.82, 2.24) is 5.32 Å². The summed E-state index contributed by atoms with van der Waals surface area (Å²) in [5, 5.41) is 2.13. The van der Waals surface area contributed by atoms with Crippen molar-refractivity contribution in [1.29, 1.82) is 0 Å². The van der Waals surface area contributed by atoms with Crippen molar-refractivity contribution in [2.24, 2.45) is 0 Å². The number of carbonyl (C=O) groups excluding carboxylic acids is 1. The highest BCUT2D eigenvalue weighted by Gasteiger charge is 2.52. The number of hydrogen-bond donors (Lipinski definition) is 1. The van der Waals surface area contributed by atoms with Gasteiger partial charge in [0.1, 0.15) is 5.83 Å². The molecule has 3 aliphatic rings. The summed E-state index contributed by atoms with van der Waals surface area (Å²) in [6.07, 6.45) is 8.42. The van der Waals surface area contributed by atoms with Crippen LogP contribution in [-0.4, -0.2) is 29.6 Å². The molecule has 1 N–H and O–H groups in total. The minimum atomic E-state index is -0.639. The third-order valence-electron chi connectivity index (χ3n) is 5.43. The molecule has 1 heterocycles. The summed E-state index contributed by atoms with van der Waals surface area (Å²) >= 11 is 6.08. The average Bonchev–Trinajstić information content (AvgIpc) is 2.76. The lowest BCUT2D eigenvalue weighted by atomic mass is 9.73. The molecule has 140 valence electrons. The van der Waals surface area contributed by atoms with Gasteiger partial charge < -0.3 is 14.6 Å². The van der Waals surface area contributed by atoms with E-state index in [1.54, 1.807) is 6.08 Å². The molecule has 1 aliphatic heterocycles. The fourth-order valence-electron chi connectivity index (χ4n) is 3.06. The molecular formula is C19H24BClFNO3. The Hall–Kier alpha value is -1.37. The van der Waals surface area contributed by atoms with Crippen LogP contribution >= 0.6 is 11.6 Å². The van der Waals surface area contributed by atoms with Gasteiger partial charge in [-0.05, 0) is 64.6 Å². The lowest BCUT2D eigenvalue weighted by Gasteiger charge is -2.32. The summed E-state index contributed by atoms with van der Waals surface area (Å²) in [4.78, 5) is 12.4. The number of rotatable bonds is 3. The Kier molecular flexibility index (Phi) is 5.21. The number of nitrogens with one attached hydrogen (secondary N) is 1. The minimum Gasteiger partial charge on any atom is -0.400 e. The fraction of sp³-hybridized carbons (Fsp3) is 0.526. The zero-order chi connectivity index (χ0) is 19.1. The summed E-state index contributed by atoms with van der Waals surface area (Å²) < 4.78 is 26.0. The van der Waals surface area contributed by atoms with Crippen LogP contribution in [0.1, 0.15) is 47.0 Å². The molecular weight excluding hydrogens is 355 g/mol. The van der Waals surface area contributed by atoms with Crippen LogP contribution < -0.4 is 5.32 Å². The van der Waals surface area contributed by atoms with Crippen molar-refractivity contribution < 1.29 is 18.5 Å². The lowest BCUT2D eigenvalue weighted by molar-refractivity contribution is -0.117. The van der Waals surface area contributed by atoms with Crippen molar-refractivity contribution in [2.45, 2.75) is 63.5 Å². The molecule has 7 heteroatoms. The Bertz CT molecular complexity index is 723. The van der Waals surface area contributed by atoms with Gasteiger partial charge in [0.15, 0.2) is 0 Å². The van der Waals surface area contributed by atoms with Crippen LogP contribution in [0.3, 0.4) is 0 Å². The van der Waals surface area contributed by atoms with Gasteiger partial charge in [-0.25, -0.2) is 4.39 Å². The van der Waals surface area contributed by atoms with Gasteiger partial charge in [0, 0.05) is 5.70 Å². The second kappa shape index (κ2) is 6.99. The maximum absolute atomic E-state index is 13.9. The van der Waals surface area contributed by atoms with Gasteiger partial charge in [0.25, 0.3) is 5.91 Å². The molecule has 1 saturated heterocycles.